The Morgan fingerprint density at radius 1 is 1.14 bits per heavy atom. The molecule has 3 rings (SSSR count). The van der Waals surface area contributed by atoms with Gasteiger partial charge in [0, 0.05) is 13.5 Å². The zero-order valence-electron chi connectivity index (χ0n) is 16.3. The maximum absolute atomic E-state index is 13.3. The fourth-order valence-electron chi connectivity index (χ4n) is 3.62. The van der Waals surface area contributed by atoms with Crippen LogP contribution in [0.25, 0.3) is 6.08 Å². The topological polar surface area (TPSA) is 73.2 Å². The van der Waals surface area contributed by atoms with Crippen molar-refractivity contribution < 1.29 is 9.59 Å². The number of aryl methyl sites for hydroxylation is 1. The van der Waals surface area contributed by atoms with E-state index in [1.807, 2.05) is 50.2 Å². The molecule has 1 saturated heterocycles. The van der Waals surface area contributed by atoms with Gasteiger partial charge in [-0.1, -0.05) is 49.4 Å². The summed E-state index contributed by atoms with van der Waals surface area (Å²) >= 11 is 0. The summed E-state index contributed by atoms with van der Waals surface area (Å²) in [5.41, 5.74) is 2.25. The summed E-state index contributed by atoms with van der Waals surface area (Å²) in [6, 6.07) is 17.2. The Balaban J connectivity index is 2.00. The molecular formula is C23H23N3O2. The lowest BCUT2D eigenvalue weighted by Gasteiger charge is -2.41. The van der Waals surface area contributed by atoms with E-state index in [2.05, 4.69) is 11.4 Å². The van der Waals surface area contributed by atoms with E-state index < -0.39 is 5.54 Å². The van der Waals surface area contributed by atoms with E-state index in [0.29, 0.717) is 24.0 Å². The molecule has 2 amide bonds. The summed E-state index contributed by atoms with van der Waals surface area (Å²) in [4.78, 5) is 27.7. The molecule has 0 spiro atoms. The Bertz CT molecular complexity index is 989. The van der Waals surface area contributed by atoms with Gasteiger partial charge in [-0.3, -0.25) is 9.59 Å². The molecule has 1 unspecified atom stereocenters. The van der Waals surface area contributed by atoms with Crippen molar-refractivity contribution in [3.05, 3.63) is 76.5 Å². The van der Waals surface area contributed by atoms with E-state index in [9.17, 15) is 14.9 Å². The SMILES string of the molecule is CCC1(Cc2ccccc2)NC(=O)C(=Cc2c(C)cccc2C#N)N(C)C1=O. The lowest BCUT2D eigenvalue weighted by molar-refractivity contribution is -0.144. The molecular weight excluding hydrogens is 350 g/mol. The average molecular weight is 373 g/mol. The molecule has 28 heavy (non-hydrogen) atoms. The fourth-order valence-corrected chi connectivity index (χ4v) is 3.62. The first-order valence-electron chi connectivity index (χ1n) is 9.28. The number of carbonyl (C=O) groups excluding carboxylic acids is 2. The number of likely N-dealkylation sites (N-methyl/N-ethyl adjacent to an activating group) is 1. The van der Waals surface area contributed by atoms with Crippen LogP contribution in [0.15, 0.2) is 54.2 Å². The Morgan fingerprint density at radius 3 is 2.50 bits per heavy atom. The molecule has 1 N–H and O–H groups in total. The van der Waals surface area contributed by atoms with Crippen molar-refractivity contribution in [2.75, 3.05) is 7.05 Å². The smallest absolute Gasteiger partial charge is 0.268 e. The minimum absolute atomic E-state index is 0.156. The third-order valence-corrected chi connectivity index (χ3v) is 5.34. The molecule has 1 aliphatic rings. The summed E-state index contributed by atoms with van der Waals surface area (Å²) in [6.07, 6.45) is 2.54. The lowest BCUT2D eigenvalue weighted by atomic mass is 9.84. The molecule has 5 heteroatoms. The standard InChI is InChI=1S/C23H23N3O2/c1-4-23(14-17-10-6-5-7-11-17)22(28)26(3)20(21(27)25-23)13-19-16(2)9-8-12-18(19)15-24/h5-13H,4,14H2,1-3H3,(H,25,27). The van der Waals surface area contributed by atoms with Crippen LogP contribution < -0.4 is 5.32 Å². The van der Waals surface area contributed by atoms with Gasteiger partial charge in [-0.15, -0.1) is 0 Å². The first-order chi connectivity index (χ1) is 13.4. The summed E-state index contributed by atoms with van der Waals surface area (Å²) in [5, 5.41) is 12.3. The zero-order chi connectivity index (χ0) is 20.3. The molecule has 5 nitrogen and oxygen atoms in total. The Morgan fingerprint density at radius 2 is 1.86 bits per heavy atom. The third kappa shape index (κ3) is 3.41. The van der Waals surface area contributed by atoms with Gasteiger partial charge in [-0.05, 0) is 42.2 Å². The number of carbonyl (C=O) groups is 2. The Kier molecular flexibility index (Phi) is 5.32. The van der Waals surface area contributed by atoms with Gasteiger partial charge < -0.3 is 10.2 Å². The first kappa shape index (κ1) is 19.4. The van der Waals surface area contributed by atoms with Crippen molar-refractivity contribution >= 4 is 17.9 Å². The highest BCUT2D eigenvalue weighted by atomic mass is 16.2. The van der Waals surface area contributed by atoms with Gasteiger partial charge >= 0.3 is 0 Å². The molecule has 1 heterocycles. The second-order valence-corrected chi connectivity index (χ2v) is 7.09. The van der Waals surface area contributed by atoms with Gasteiger partial charge in [0.15, 0.2) is 0 Å². The van der Waals surface area contributed by atoms with Crippen molar-refractivity contribution in [3.8, 4) is 6.07 Å². The number of hydrogen-bond acceptors (Lipinski definition) is 3. The minimum atomic E-state index is -0.978. The van der Waals surface area contributed by atoms with Gasteiger partial charge in [-0.25, -0.2) is 0 Å². The summed E-state index contributed by atoms with van der Waals surface area (Å²) in [7, 11) is 1.62. The number of nitrogens with zero attached hydrogens (tertiary/aromatic N) is 2. The van der Waals surface area contributed by atoms with E-state index in [0.717, 1.165) is 11.1 Å². The molecule has 1 fully saturated rings. The van der Waals surface area contributed by atoms with Crippen LogP contribution in [0, 0.1) is 18.3 Å². The van der Waals surface area contributed by atoms with Gasteiger partial charge in [0.2, 0.25) is 0 Å². The maximum atomic E-state index is 13.3. The quantitative estimate of drug-likeness (QED) is 0.837. The molecule has 0 aliphatic carbocycles. The number of nitriles is 1. The second kappa shape index (κ2) is 7.69. The van der Waals surface area contributed by atoms with Crippen LogP contribution in [-0.4, -0.2) is 29.3 Å². The van der Waals surface area contributed by atoms with Crippen molar-refractivity contribution in [2.45, 2.75) is 32.2 Å². The van der Waals surface area contributed by atoms with Crippen LogP contribution in [0.1, 0.15) is 35.6 Å². The van der Waals surface area contributed by atoms with Crippen LogP contribution in [0.3, 0.4) is 0 Å². The van der Waals surface area contributed by atoms with Gasteiger partial charge in [0.25, 0.3) is 11.8 Å². The predicted octanol–water partition coefficient (Wildman–Crippen LogP) is 3.19. The molecule has 142 valence electrons. The van der Waals surface area contributed by atoms with Crippen LogP contribution in [0.5, 0.6) is 0 Å². The van der Waals surface area contributed by atoms with Gasteiger partial charge in [0.05, 0.1) is 11.6 Å². The van der Waals surface area contributed by atoms with Crippen LogP contribution in [0.2, 0.25) is 0 Å². The van der Waals surface area contributed by atoms with Crippen molar-refractivity contribution in [1.82, 2.24) is 10.2 Å². The van der Waals surface area contributed by atoms with Crippen LogP contribution >= 0.6 is 0 Å². The lowest BCUT2D eigenvalue weighted by Crippen LogP contribution is -2.65. The number of hydrogen-bond donors (Lipinski definition) is 1. The third-order valence-electron chi connectivity index (χ3n) is 5.34. The molecule has 2 aromatic rings. The van der Waals surface area contributed by atoms with E-state index in [4.69, 9.17) is 0 Å². The van der Waals surface area contributed by atoms with Crippen LogP contribution in [0.4, 0.5) is 0 Å². The minimum Gasteiger partial charge on any atom is -0.336 e. The van der Waals surface area contributed by atoms with E-state index in [1.54, 1.807) is 25.3 Å². The number of amides is 2. The number of piperazine rings is 1. The maximum Gasteiger partial charge on any atom is 0.268 e. The van der Waals surface area contributed by atoms with E-state index in [-0.39, 0.29) is 17.5 Å². The number of rotatable bonds is 4. The second-order valence-electron chi connectivity index (χ2n) is 7.09. The Labute approximate surface area is 165 Å². The number of benzene rings is 2. The fraction of sp³-hybridized carbons (Fsp3) is 0.261. The normalized spacial score (nSPS) is 20.8. The monoisotopic (exact) mass is 373 g/mol. The largest absolute Gasteiger partial charge is 0.336 e. The van der Waals surface area contributed by atoms with E-state index in [1.165, 1.54) is 4.90 Å². The molecule has 0 radical (unpaired) electrons. The van der Waals surface area contributed by atoms with Crippen molar-refractivity contribution in [3.63, 3.8) is 0 Å². The summed E-state index contributed by atoms with van der Waals surface area (Å²) < 4.78 is 0. The highest BCUT2D eigenvalue weighted by Crippen LogP contribution is 2.28. The van der Waals surface area contributed by atoms with Crippen LogP contribution in [-0.2, 0) is 16.0 Å². The summed E-state index contributed by atoms with van der Waals surface area (Å²) in [6.45, 7) is 3.78. The van der Waals surface area contributed by atoms with Gasteiger partial charge in [0.1, 0.15) is 11.2 Å². The predicted molar refractivity (Wildman–Crippen MR) is 108 cm³/mol. The zero-order valence-corrected chi connectivity index (χ0v) is 16.3. The molecule has 0 aromatic heterocycles. The Hall–Kier alpha value is -3.39. The molecule has 1 aliphatic heterocycles. The average Bonchev–Trinajstić information content (AvgIpc) is 2.70. The molecule has 0 saturated carbocycles. The molecule has 1 atom stereocenters. The highest BCUT2D eigenvalue weighted by Gasteiger charge is 2.46. The van der Waals surface area contributed by atoms with Crippen molar-refractivity contribution in [1.29, 1.82) is 5.26 Å². The first-order valence-corrected chi connectivity index (χ1v) is 9.28. The number of nitrogens with one attached hydrogen (secondary N) is 1. The molecule has 0 bridgehead atoms. The summed E-state index contributed by atoms with van der Waals surface area (Å²) in [5.74, 6) is -0.469. The van der Waals surface area contributed by atoms with Crippen molar-refractivity contribution in [2.24, 2.45) is 0 Å². The van der Waals surface area contributed by atoms with E-state index >= 15 is 0 Å². The molecule has 2 aromatic carbocycles. The van der Waals surface area contributed by atoms with Gasteiger partial charge in [-0.2, -0.15) is 5.26 Å². The highest BCUT2D eigenvalue weighted by molar-refractivity contribution is 6.09.